The topological polar surface area (TPSA) is 3.24 Å². The average molecular weight is 654 g/mol. The fraction of sp³-hybridized carbons (Fsp3) is 0. The molecule has 0 fully saturated rings. The molecule has 0 radical (unpaired) electrons. The highest BCUT2D eigenvalue weighted by atomic mass is 32.1. The van der Waals surface area contributed by atoms with Crippen LogP contribution in [0.5, 0.6) is 0 Å². The molecule has 0 N–H and O–H groups in total. The summed E-state index contributed by atoms with van der Waals surface area (Å²) in [7, 11) is 0. The average Bonchev–Trinajstić information content (AvgIpc) is 3.55. The van der Waals surface area contributed by atoms with E-state index in [1.54, 1.807) is 0 Å². The molecule has 0 atom stereocenters. The summed E-state index contributed by atoms with van der Waals surface area (Å²) >= 11 is 1.87. The van der Waals surface area contributed by atoms with Gasteiger partial charge in [-0.1, -0.05) is 127 Å². The van der Waals surface area contributed by atoms with Crippen LogP contribution in [0.15, 0.2) is 188 Å². The van der Waals surface area contributed by atoms with E-state index in [4.69, 9.17) is 0 Å². The van der Waals surface area contributed by atoms with Crippen LogP contribution >= 0.6 is 11.3 Å². The molecule has 50 heavy (non-hydrogen) atoms. The molecule has 10 rings (SSSR count). The van der Waals surface area contributed by atoms with Crippen LogP contribution in [-0.2, 0) is 0 Å². The van der Waals surface area contributed by atoms with Crippen molar-refractivity contribution >= 4 is 80.9 Å². The zero-order chi connectivity index (χ0) is 33.0. The molecule has 0 aliphatic rings. The largest absolute Gasteiger partial charge is 0.310 e. The Kier molecular flexibility index (Phi) is 6.75. The summed E-state index contributed by atoms with van der Waals surface area (Å²) in [5.74, 6) is 0. The van der Waals surface area contributed by atoms with Crippen molar-refractivity contribution in [3.63, 3.8) is 0 Å². The van der Waals surface area contributed by atoms with Crippen LogP contribution in [0.25, 0.3) is 74.7 Å². The van der Waals surface area contributed by atoms with E-state index in [0.717, 1.165) is 17.1 Å². The lowest BCUT2D eigenvalue weighted by Gasteiger charge is -2.27. The SMILES string of the molecule is c1ccc(-c2cccc(N(c3ccc(-c4cc5ccccc5c5ccccc45)cc3)c3ccc4cc5sc6ccccc6c5cc4c3)c2)cc1. The van der Waals surface area contributed by atoms with Crippen molar-refractivity contribution < 1.29 is 0 Å². The van der Waals surface area contributed by atoms with Gasteiger partial charge >= 0.3 is 0 Å². The minimum absolute atomic E-state index is 1.12. The first-order chi connectivity index (χ1) is 24.8. The Hall–Kier alpha value is -6.22. The maximum atomic E-state index is 2.39. The van der Waals surface area contributed by atoms with Gasteiger partial charge in [-0.25, -0.2) is 0 Å². The fourth-order valence-electron chi connectivity index (χ4n) is 7.58. The number of hydrogen-bond donors (Lipinski definition) is 0. The van der Waals surface area contributed by atoms with Gasteiger partial charge in [0.1, 0.15) is 0 Å². The maximum absolute atomic E-state index is 2.39. The molecular formula is C48H31NS. The number of thiophene rings is 1. The minimum Gasteiger partial charge on any atom is -0.310 e. The zero-order valence-corrected chi connectivity index (χ0v) is 28.1. The molecule has 0 saturated carbocycles. The second-order valence-corrected chi connectivity index (χ2v) is 14.1. The molecule has 1 heterocycles. The first-order valence-electron chi connectivity index (χ1n) is 17.1. The molecule has 2 heteroatoms. The van der Waals surface area contributed by atoms with Gasteiger partial charge in [-0.2, -0.15) is 0 Å². The van der Waals surface area contributed by atoms with E-state index in [2.05, 4.69) is 193 Å². The summed E-state index contributed by atoms with van der Waals surface area (Å²) in [5.41, 5.74) is 8.23. The summed E-state index contributed by atoms with van der Waals surface area (Å²) in [5, 5.41) is 10.2. The lowest BCUT2D eigenvalue weighted by Crippen LogP contribution is -2.10. The van der Waals surface area contributed by atoms with E-state index < -0.39 is 0 Å². The predicted molar refractivity (Wildman–Crippen MR) is 217 cm³/mol. The Morgan fingerprint density at radius 1 is 0.300 bits per heavy atom. The van der Waals surface area contributed by atoms with Crippen molar-refractivity contribution in [3.8, 4) is 22.3 Å². The summed E-state index contributed by atoms with van der Waals surface area (Å²) in [6.07, 6.45) is 0. The van der Waals surface area contributed by atoms with Crippen LogP contribution in [-0.4, -0.2) is 0 Å². The molecule has 234 valence electrons. The van der Waals surface area contributed by atoms with Crippen molar-refractivity contribution in [2.24, 2.45) is 0 Å². The molecule has 0 spiro atoms. The molecule has 1 aromatic heterocycles. The molecule has 0 unspecified atom stereocenters. The van der Waals surface area contributed by atoms with Gasteiger partial charge < -0.3 is 4.90 Å². The van der Waals surface area contributed by atoms with Crippen LogP contribution in [0.3, 0.4) is 0 Å². The summed E-state index contributed by atoms with van der Waals surface area (Å²) in [6, 6.07) is 68.8. The number of rotatable bonds is 5. The lowest BCUT2D eigenvalue weighted by atomic mass is 9.93. The van der Waals surface area contributed by atoms with Crippen LogP contribution in [0.2, 0.25) is 0 Å². The third-order valence-corrected chi connectivity index (χ3v) is 11.1. The number of hydrogen-bond acceptors (Lipinski definition) is 2. The maximum Gasteiger partial charge on any atom is 0.0468 e. The van der Waals surface area contributed by atoms with E-state index in [1.807, 2.05) is 11.3 Å². The highest BCUT2D eigenvalue weighted by Crippen LogP contribution is 2.42. The van der Waals surface area contributed by atoms with E-state index in [9.17, 15) is 0 Å². The van der Waals surface area contributed by atoms with Crippen molar-refractivity contribution in [1.82, 2.24) is 0 Å². The van der Waals surface area contributed by atoms with Crippen molar-refractivity contribution in [2.75, 3.05) is 4.90 Å². The Morgan fingerprint density at radius 2 is 0.980 bits per heavy atom. The lowest BCUT2D eigenvalue weighted by molar-refractivity contribution is 1.29. The van der Waals surface area contributed by atoms with E-state index in [0.29, 0.717) is 0 Å². The monoisotopic (exact) mass is 653 g/mol. The van der Waals surface area contributed by atoms with E-state index in [1.165, 1.54) is 74.7 Å². The van der Waals surface area contributed by atoms with Crippen molar-refractivity contribution in [2.45, 2.75) is 0 Å². The Labute approximate surface area is 294 Å². The number of anilines is 3. The second-order valence-electron chi connectivity index (χ2n) is 13.0. The summed E-state index contributed by atoms with van der Waals surface area (Å²) < 4.78 is 2.66. The van der Waals surface area contributed by atoms with Gasteiger partial charge in [0, 0.05) is 37.2 Å². The Bertz CT molecular complexity index is 2870. The molecule has 0 amide bonds. The van der Waals surface area contributed by atoms with Gasteiger partial charge in [-0.15, -0.1) is 11.3 Å². The third-order valence-electron chi connectivity index (χ3n) is 9.99. The molecule has 9 aromatic carbocycles. The normalized spacial score (nSPS) is 11.6. The molecule has 1 nitrogen and oxygen atoms in total. The van der Waals surface area contributed by atoms with Gasteiger partial charge in [0.05, 0.1) is 0 Å². The quantitative estimate of drug-likeness (QED) is 0.167. The number of benzene rings is 9. The Balaban J connectivity index is 1.14. The van der Waals surface area contributed by atoms with Gasteiger partial charge in [-0.05, 0) is 115 Å². The van der Waals surface area contributed by atoms with Crippen molar-refractivity contribution in [3.05, 3.63) is 188 Å². The third kappa shape index (κ3) is 4.84. The minimum atomic E-state index is 1.12. The van der Waals surface area contributed by atoms with Crippen LogP contribution < -0.4 is 4.90 Å². The zero-order valence-electron chi connectivity index (χ0n) is 27.3. The smallest absolute Gasteiger partial charge is 0.0468 e. The Morgan fingerprint density at radius 3 is 1.84 bits per heavy atom. The van der Waals surface area contributed by atoms with Gasteiger partial charge in [-0.3, -0.25) is 0 Å². The molecule has 0 aliphatic heterocycles. The molecule has 0 saturated heterocycles. The van der Waals surface area contributed by atoms with Gasteiger partial charge in [0.15, 0.2) is 0 Å². The number of nitrogens with zero attached hydrogens (tertiary/aromatic N) is 1. The van der Waals surface area contributed by atoms with E-state index in [-0.39, 0.29) is 0 Å². The standard InChI is InChI=1S/C48H31NS/c1-2-11-32(12-3-1)34-14-10-15-39(27-34)49(40-26-23-35-31-48-46(30-37(35)28-40)44-19-8-9-20-47(44)50-48)38-24-21-33(22-25-38)45-29-36-13-4-5-16-41(36)42-17-6-7-18-43(42)45/h1-31H. The molecule has 0 aliphatic carbocycles. The van der Waals surface area contributed by atoms with Crippen LogP contribution in [0, 0.1) is 0 Å². The highest BCUT2D eigenvalue weighted by molar-refractivity contribution is 7.25. The van der Waals surface area contributed by atoms with Crippen LogP contribution in [0.1, 0.15) is 0 Å². The van der Waals surface area contributed by atoms with Crippen LogP contribution in [0.4, 0.5) is 17.1 Å². The molecule has 10 aromatic rings. The molecular weight excluding hydrogens is 623 g/mol. The molecule has 0 bridgehead atoms. The summed E-state index contributed by atoms with van der Waals surface area (Å²) in [6.45, 7) is 0. The summed E-state index contributed by atoms with van der Waals surface area (Å²) in [4.78, 5) is 2.39. The first-order valence-corrected chi connectivity index (χ1v) is 17.9. The second kappa shape index (κ2) is 11.7. The fourth-order valence-corrected chi connectivity index (χ4v) is 8.72. The van der Waals surface area contributed by atoms with Gasteiger partial charge in [0.25, 0.3) is 0 Å². The number of fused-ring (bicyclic) bond motifs is 7. The van der Waals surface area contributed by atoms with Crippen molar-refractivity contribution in [1.29, 1.82) is 0 Å². The first kappa shape index (κ1) is 28.8. The predicted octanol–water partition coefficient (Wildman–Crippen LogP) is 14.3. The highest BCUT2D eigenvalue weighted by Gasteiger charge is 2.16. The van der Waals surface area contributed by atoms with Gasteiger partial charge in [0.2, 0.25) is 0 Å². The van der Waals surface area contributed by atoms with E-state index >= 15 is 0 Å².